The van der Waals surface area contributed by atoms with Gasteiger partial charge in [0.05, 0.1) is 17.6 Å². The van der Waals surface area contributed by atoms with Gasteiger partial charge in [0.1, 0.15) is 12.5 Å². The Bertz CT molecular complexity index is 1040. The number of hydrogen-bond donors (Lipinski definition) is 1. The molecule has 164 valence electrons. The summed E-state index contributed by atoms with van der Waals surface area (Å²) in [6.07, 6.45) is 6.96. The molecule has 0 amide bonds. The van der Waals surface area contributed by atoms with Crippen LogP contribution < -0.4 is 16.0 Å². The molecule has 30 heavy (non-hydrogen) atoms. The van der Waals surface area contributed by atoms with E-state index < -0.39 is 21.1 Å². The van der Waals surface area contributed by atoms with E-state index in [0.29, 0.717) is 12.8 Å². The lowest BCUT2D eigenvalue weighted by Gasteiger charge is -2.14. The van der Waals surface area contributed by atoms with E-state index in [1.807, 2.05) is 24.3 Å². The number of nitrogens with one attached hydrogen (secondary N) is 1. The molecular weight excluding hydrogens is 408 g/mol. The second-order valence-corrected chi connectivity index (χ2v) is 9.85. The van der Waals surface area contributed by atoms with E-state index in [1.165, 1.54) is 29.7 Å². The minimum atomic E-state index is -3.21. The lowest BCUT2D eigenvalue weighted by molar-refractivity contribution is 0.0745. The highest BCUT2D eigenvalue weighted by Crippen LogP contribution is 2.24. The number of nitrogens with zero attached hydrogens (tertiary/aromatic N) is 1. The van der Waals surface area contributed by atoms with Gasteiger partial charge in [-0.05, 0) is 56.2 Å². The third-order valence-electron chi connectivity index (χ3n) is 5.08. The van der Waals surface area contributed by atoms with Crippen LogP contribution in [-0.2, 0) is 27.7 Å². The summed E-state index contributed by atoms with van der Waals surface area (Å²) in [6, 6.07) is 8.89. The fourth-order valence-corrected chi connectivity index (χ4v) is 4.75. The third kappa shape index (κ3) is 7.14. The maximum atomic E-state index is 12.3. The van der Waals surface area contributed by atoms with Crippen molar-refractivity contribution in [2.24, 2.45) is 0 Å². The fourth-order valence-electron chi connectivity index (χ4n) is 3.44. The molecular formula is C21H28N2O6S. The van der Waals surface area contributed by atoms with Gasteiger partial charge >= 0.3 is 5.69 Å². The summed E-state index contributed by atoms with van der Waals surface area (Å²) in [6.45, 7) is 0.166. The SMILES string of the molecule is O=c1ccn(COCCCS(=O)(=O)CCc2cccc(OC3CCCC3)c2)c(=O)[nH]1. The van der Waals surface area contributed by atoms with Gasteiger partial charge in [-0.3, -0.25) is 14.3 Å². The smallest absolute Gasteiger partial charge is 0.330 e. The summed E-state index contributed by atoms with van der Waals surface area (Å²) in [5, 5.41) is 0. The zero-order valence-corrected chi connectivity index (χ0v) is 17.7. The molecule has 0 bridgehead atoms. The number of H-pyrrole nitrogens is 1. The highest BCUT2D eigenvalue weighted by molar-refractivity contribution is 7.91. The highest BCUT2D eigenvalue weighted by atomic mass is 32.2. The molecule has 0 unspecified atom stereocenters. The van der Waals surface area contributed by atoms with E-state index in [9.17, 15) is 18.0 Å². The van der Waals surface area contributed by atoms with Crippen LogP contribution in [0.25, 0.3) is 0 Å². The topological polar surface area (TPSA) is 107 Å². The summed E-state index contributed by atoms with van der Waals surface area (Å²) in [5.41, 5.74) is -0.0880. The van der Waals surface area contributed by atoms with Crippen molar-refractivity contribution in [3.63, 3.8) is 0 Å². The lowest BCUT2D eigenvalue weighted by Crippen LogP contribution is -2.29. The monoisotopic (exact) mass is 436 g/mol. The Morgan fingerprint density at radius 1 is 1.10 bits per heavy atom. The molecule has 0 saturated heterocycles. The second-order valence-electron chi connectivity index (χ2n) is 7.54. The summed E-state index contributed by atoms with van der Waals surface area (Å²) < 4.78 is 37.1. The van der Waals surface area contributed by atoms with Gasteiger partial charge in [0.25, 0.3) is 5.56 Å². The predicted octanol–water partition coefficient (Wildman–Crippen LogP) is 1.88. The summed E-state index contributed by atoms with van der Waals surface area (Å²) >= 11 is 0. The van der Waals surface area contributed by atoms with Crippen LogP contribution in [0.15, 0.2) is 46.1 Å². The molecule has 9 heteroatoms. The minimum absolute atomic E-state index is 0.0196. The number of hydrogen-bond acceptors (Lipinski definition) is 6. The molecule has 0 aliphatic heterocycles. The number of rotatable bonds is 11. The summed E-state index contributed by atoms with van der Waals surface area (Å²) in [7, 11) is -3.21. The quantitative estimate of drug-likeness (QED) is 0.539. The first kappa shape index (κ1) is 22.3. The lowest BCUT2D eigenvalue weighted by atomic mass is 10.1. The molecule has 1 aliphatic carbocycles. The average molecular weight is 437 g/mol. The number of aryl methyl sites for hydroxylation is 1. The Balaban J connectivity index is 1.38. The molecule has 1 fully saturated rings. The Labute approximate surface area is 175 Å². The van der Waals surface area contributed by atoms with Crippen LogP contribution in [0.3, 0.4) is 0 Å². The molecule has 3 rings (SSSR count). The molecule has 0 radical (unpaired) electrons. The fraction of sp³-hybridized carbons (Fsp3) is 0.524. The first-order chi connectivity index (χ1) is 14.4. The van der Waals surface area contributed by atoms with Crippen LogP contribution in [0.5, 0.6) is 5.75 Å². The van der Waals surface area contributed by atoms with E-state index >= 15 is 0 Å². The maximum Gasteiger partial charge on any atom is 0.330 e. The zero-order chi connectivity index (χ0) is 21.4. The Hall–Kier alpha value is -2.39. The molecule has 0 spiro atoms. The number of benzene rings is 1. The van der Waals surface area contributed by atoms with Crippen LogP contribution in [0.4, 0.5) is 0 Å². The predicted molar refractivity (Wildman–Crippen MR) is 114 cm³/mol. The molecule has 1 heterocycles. The standard InChI is InChI=1S/C21H28N2O6S/c24-20-9-11-23(21(25)22-20)16-28-12-4-13-30(26,27)14-10-17-5-3-8-19(15-17)29-18-6-1-2-7-18/h3,5,8-9,11,15,18H,1-2,4,6-7,10,12-14,16H2,(H,22,24,25). The second kappa shape index (κ2) is 10.6. The number of aromatic amines is 1. The molecule has 1 aliphatic rings. The van der Waals surface area contributed by atoms with Crippen LogP contribution >= 0.6 is 0 Å². The van der Waals surface area contributed by atoms with Crippen LogP contribution in [-0.4, -0.2) is 42.2 Å². The van der Waals surface area contributed by atoms with Gasteiger partial charge in [0.2, 0.25) is 0 Å². The van der Waals surface area contributed by atoms with Gasteiger partial charge < -0.3 is 9.47 Å². The van der Waals surface area contributed by atoms with Crippen molar-refractivity contribution < 1.29 is 17.9 Å². The largest absolute Gasteiger partial charge is 0.490 e. The van der Waals surface area contributed by atoms with Crippen LogP contribution in [0.1, 0.15) is 37.7 Å². The zero-order valence-electron chi connectivity index (χ0n) is 16.9. The van der Waals surface area contributed by atoms with Gasteiger partial charge in [-0.25, -0.2) is 13.2 Å². The molecule has 1 aromatic carbocycles. The van der Waals surface area contributed by atoms with Gasteiger partial charge in [0, 0.05) is 18.9 Å². The Morgan fingerprint density at radius 3 is 2.67 bits per heavy atom. The van der Waals surface area contributed by atoms with E-state index in [4.69, 9.17) is 9.47 Å². The molecule has 2 aromatic rings. The molecule has 1 N–H and O–H groups in total. The minimum Gasteiger partial charge on any atom is -0.490 e. The van der Waals surface area contributed by atoms with Gasteiger partial charge in [-0.15, -0.1) is 0 Å². The van der Waals surface area contributed by atoms with Crippen molar-refractivity contribution in [3.8, 4) is 5.75 Å². The maximum absolute atomic E-state index is 12.3. The van der Waals surface area contributed by atoms with E-state index in [2.05, 4.69) is 4.98 Å². The average Bonchev–Trinajstić information content (AvgIpc) is 3.21. The van der Waals surface area contributed by atoms with Crippen molar-refractivity contribution in [2.45, 2.75) is 51.4 Å². The van der Waals surface area contributed by atoms with Gasteiger partial charge in [-0.2, -0.15) is 0 Å². The summed E-state index contributed by atoms with van der Waals surface area (Å²) in [5.74, 6) is 0.896. The van der Waals surface area contributed by atoms with Crippen molar-refractivity contribution in [1.29, 1.82) is 0 Å². The number of aromatic nitrogens is 2. The Kier molecular flexibility index (Phi) is 7.87. The first-order valence-electron chi connectivity index (χ1n) is 10.2. The van der Waals surface area contributed by atoms with Crippen molar-refractivity contribution in [1.82, 2.24) is 9.55 Å². The molecule has 1 saturated carbocycles. The van der Waals surface area contributed by atoms with Gasteiger partial charge in [-0.1, -0.05) is 12.1 Å². The summed E-state index contributed by atoms with van der Waals surface area (Å²) in [4.78, 5) is 24.7. The molecule has 8 nitrogen and oxygen atoms in total. The third-order valence-corrected chi connectivity index (χ3v) is 6.81. The van der Waals surface area contributed by atoms with E-state index in [0.717, 1.165) is 24.2 Å². The van der Waals surface area contributed by atoms with Gasteiger partial charge in [0.15, 0.2) is 9.84 Å². The molecule has 0 atom stereocenters. The first-order valence-corrected chi connectivity index (χ1v) is 12.1. The highest BCUT2D eigenvalue weighted by Gasteiger charge is 2.17. The Morgan fingerprint density at radius 2 is 1.90 bits per heavy atom. The van der Waals surface area contributed by atoms with Crippen LogP contribution in [0, 0.1) is 0 Å². The van der Waals surface area contributed by atoms with Crippen molar-refractivity contribution in [2.75, 3.05) is 18.1 Å². The molecule has 1 aromatic heterocycles. The van der Waals surface area contributed by atoms with Crippen molar-refractivity contribution >= 4 is 9.84 Å². The number of ether oxygens (including phenoxy) is 2. The normalized spacial score (nSPS) is 14.8. The van der Waals surface area contributed by atoms with E-state index in [1.54, 1.807) is 0 Å². The van der Waals surface area contributed by atoms with E-state index in [-0.39, 0.29) is 30.9 Å². The van der Waals surface area contributed by atoms with Crippen LogP contribution in [0.2, 0.25) is 0 Å². The number of sulfone groups is 1. The van der Waals surface area contributed by atoms with Crippen molar-refractivity contribution in [3.05, 3.63) is 62.9 Å².